The highest BCUT2D eigenvalue weighted by Gasteiger charge is 2.68. The molecule has 0 atom stereocenters. The van der Waals surface area contributed by atoms with Crippen molar-refractivity contribution < 1.29 is 14.7 Å². The van der Waals surface area contributed by atoms with E-state index in [1.807, 2.05) is 0 Å². The summed E-state index contributed by atoms with van der Waals surface area (Å²) < 4.78 is 0. The first-order valence-electron chi connectivity index (χ1n) is 7.60. The maximum Gasteiger partial charge on any atom is 0.329 e. The lowest BCUT2D eigenvalue weighted by Gasteiger charge is -2.36. The first-order valence-corrected chi connectivity index (χ1v) is 7.60. The van der Waals surface area contributed by atoms with Gasteiger partial charge in [0.05, 0.1) is 0 Å². The molecule has 2 aliphatic rings. The topological polar surface area (TPSA) is 66.4 Å². The number of rotatable bonds is 3. The van der Waals surface area contributed by atoms with Crippen LogP contribution in [0.15, 0.2) is 0 Å². The molecule has 2 rings (SSSR count). The van der Waals surface area contributed by atoms with Crippen molar-refractivity contribution in [3.63, 3.8) is 0 Å². The Morgan fingerprint density at radius 3 is 1.85 bits per heavy atom. The Morgan fingerprint density at radius 2 is 1.50 bits per heavy atom. The van der Waals surface area contributed by atoms with E-state index in [0.717, 1.165) is 12.8 Å². The fourth-order valence-corrected chi connectivity index (χ4v) is 3.81. The summed E-state index contributed by atoms with van der Waals surface area (Å²) in [6.45, 7) is 10.4. The molecule has 2 N–H and O–H groups in total. The summed E-state index contributed by atoms with van der Waals surface area (Å²) in [5, 5.41) is 12.5. The minimum absolute atomic E-state index is 0.0568. The average Bonchev–Trinajstić information content (AvgIpc) is 2.72. The van der Waals surface area contributed by atoms with Gasteiger partial charge >= 0.3 is 5.97 Å². The van der Waals surface area contributed by atoms with Gasteiger partial charge in [0, 0.05) is 5.92 Å². The van der Waals surface area contributed by atoms with Gasteiger partial charge in [0.2, 0.25) is 5.91 Å². The van der Waals surface area contributed by atoms with Gasteiger partial charge < -0.3 is 10.4 Å². The van der Waals surface area contributed by atoms with E-state index in [2.05, 4.69) is 39.9 Å². The van der Waals surface area contributed by atoms with Gasteiger partial charge in [0.15, 0.2) is 0 Å². The predicted molar refractivity (Wildman–Crippen MR) is 77.2 cm³/mol. The van der Waals surface area contributed by atoms with Crippen LogP contribution in [0.3, 0.4) is 0 Å². The number of aliphatic carboxylic acids is 1. The number of carboxylic acid groups (broad SMARTS) is 1. The van der Waals surface area contributed by atoms with E-state index in [1.165, 1.54) is 0 Å². The summed E-state index contributed by atoms with van der Waals surface area (Å²) in [6.07, 6.45) is 2.82. The molecule has 114 valence electrons. The second kappa shape index (κ2) is 4.47. The Kier molecular flexibility index (Phi) is 3.43. The van der Waals surface area contributed by atoms with Crippen LogP contribution in [-0.2, 0) is 9.59 Å². The zero-order valence-corrected chi connectivity index (χ0v) is 13.2. The van der Waals surface area contributed by atoms with Crippen LogP contribution < -0.4 is 5.32 Å². The molecule has 2 saturated carbocycles. The lowest BCUT2D eigenvalue weighted by molar-refractivity contribution is -0.150. The molecule has 0 bridgehead atoms. The van der Waals surface area contributed by atoms with Crippen molar-refractivity contribution >= 4 is 11.9 Å². The fourth-order valence-electron chi connectivity index (χ4n) is 3.81. The van der Waals surface area contributed by atoms with Gasteiger partial charge in [-0.1, -0.05) is 34.6 Å². The number of nitrogens with one attached hydrogen (secondary N) is 1. The molecule has 2 aliphatic carbocycles. The first-order chi connectivity index (χ1) is 9.04. The van der Waals surface area contributed by atoms with Gasteiger partial charge in [-0.3, -0.25) is 4.79 Å². The Balaban J connectivity index is 2.11. The molecule has 0 saturated heterocycles. The van der Waals surface area contributed by atoms with Crippen LogP contribution in [0.25, 0.3) is 0 Å². The van der Waals surface area contributed by atoms with Crippen molar-refractivity contribution in [2.75, 3.05) is 0 Å². The van der Waals surface area contributed by atoms with Crippen molar-refractivity contribution in [1.82, 2.24) is 5.32 Å². The highest BCUT2D eigenvalue weighted by atomic mass is 16.4. The first kappa shape index (κ1) is 15.3. The van der Waals surface area contributed by atoms with Crippen LogP contribution in [0.5, 0.6) is 0 Å². The fraction of sp³-hybridized carbons (Fsp3) is 0.875. The Bertz CT molecular complexity index is 417. The van der Waals surface area contributed by atoms with Gasteiger partial charge in [-0.25, -0.2) is 4.79 Å². The number of carbonyl (C=O) groups excluding carboxylic acids is 1. The second-order valence-corrected chi connectivity index (χ2v) is 7.94. The molecule has 2 fully saturated rings. The van der Waals surface area contributed by atoms with Gasteiger partial charge in [0.1, 0.15) is 5.54 Å². The summed E-state index contributed by atoms with van der Waals surface area (Å²) in [5.41, 5.74) is -1.16. The normalized spacial score (nSPS) is 35.4. The summed E-state index contributed by atoms with van der Waals surface area (Å²) in [5.74, 6) is -0.510. The van der Waals surface area contributed by atoms with Gasteiger partial charge in [0.25, 0.3) is 0 Å². The number of carbonyl (C=O) groups is 2. The highest BCUT2D eigenvalue weighted by Crippen LogP contribution is 2.68. The molecular formula is C16H27NO3. The van der Waals surface area contributed by atoms with Crippen molar-refractivity contribution in [3.8, 4) is 0 Å². The van der Waals surface area contributed by atoms with Crippen molar-refractivity contribution in [2.24, 2.45) is 22.7 Å². The van der Waals surface area contributed by atoms with E-state index in [1.54, 1.807) is 0 Å². The molecule has 1 amide bonds. The molecule has 0 aromatic rings. The van der Waals surface area contributed by atoms with Crippen LogP contribution in [0.2, 0.25) is 0 Å². The molecule has 0 spiro atoms. The zero-order chi connectivity index (χ0) is 15.3. The Morgan fingerprint density at radius 1 is 1.05 bits per heavy atom. The summed E-state index contributed by atoms with van der Waals surface area (Å²) in [6, 6.07) is 0. The monoisotopic (exact) mass is 281 g/mol. The average molecular weight is 281 g/mol. The Labute approximate surface area is 121 Å². The molecule has 0 unspecified atom stereocenters. The molecule has 0 aliphatic heterocycles. The van der Waals surface area contributed by atoms with Crippen molar-refractivity contribution in [2.45, 2.75) is 65.8 Å². The van der Waals surface area contributed by atoms with Crippen LogP contribution in [0.4, 0.5) is 0 Å². The van der Waals surface area contributed by atoms with Gasteiger partial charge in [-0.05, 0) is 42.4 Å². The molecule has 0 aromatic carbocycles. The molecule has 4 heteroatoms. The SMILES string of the molecule is CC1CCC(NC(=O)C2C(C)(C)C2(C)C)(C(=O)O)CC1. The number of amides is 1. The molecule has 4 nitrogen and oxygen atoms in total. The van der Waals surface area contributed by atoms with E-state index in [4.69, 9.17) is 0 Å². The minimum atomic E-state index is -1.04. The maximum absolute atomic E-state index is 12.5. The molecule has 20 heavy (non-hydrogen) atoms. The van der Waals surface area contributed by atoms with Crippen molar-refractivity contribution in [1.29, 1.82) is 0 Å². The van der Waals surface area contributed by atoms with Crippen LogP contribution >= 0.6 is 0 Å². The third-order valence-corrected chi connectivity index (χ3v) is 6.18. The minimum Gasteiger partial charge on any atom is -0.480 e. The molecule has 0 aromatic heterocycles. The van der Waals surface area contributed by atoms with Crippen molar-refractivity contribution in [3.05, 3.63) is 0 Å². The largest absolute Gasteiger partial charge is 0.480 e. The van der Waals surface area contributed by atoms with E-state index in [0.29, 0.717) is 18.8 Å². The number of hydrogen-bond acceptors (Lipinski definition) is 2. The Hall–Kier alpha value is -1.06. The van der Waals surface area contributed by atoms with Crippen LogP contribution in [0, 0.1) is 22.7 Å². The third-order valence-electron chi connectivity index (χ3n) is 6.18. The zero-order valence-electron chi connectivity index (χ0n) is 13.2. The smallest absolute Gasteiger partial charge is 0.329 e. The third kappa shape index (κ3) is 2.13. The number of carboxylic acids is 1. The molecule has 0 radical (unpaired) electrons. The van der Waals surface area contributed by atoms with E-state index in [9.17, 15) is 14.7 Å². The summed E-state index contributed by atoms with van der Waals surface area (Å²) in [4.78, 5) is 24.2. The predicted octanol–water partition coefficient (Wildman–Crippen LogP) is 2.82. The van der Waals surface area contributed by atoms with Gasteiger partial charge in [-0.15, -0.1) is 0 Å². The van der Waals surface area contributed by atoms with Crippen LogP contribution in [-0.4, -0.2) is 22.5 Å². The summed E-state index contributed by atoms with van der Waals surface area (Å²) in [7, 11) is 0. The lowest BCUT2D eigenvalue weighted by atomic mass is 9.77. The molecule has 0 heterocycles. The standard InChI is InChI=1S/C16H27NO3/c1-10-6-8-16(9-7-10,13(19)20)17-12(18)11-14(2,3)15(11,4)5/h10-11H,6-9H2,1-5H3,(H,17,18)(H,19,20). The second-order valence-electron chi connectivity index (χ2n) is 7.94. The van der Waals surface area contributed by atoms with E-state index < -0.39 is 11.5 Å². The summed E-state index contributed by atoms with van der Waals surface area (Å²) >= 11 is 0. The lowest BCUT2D eigenvalue weighted by Crippen LogP contribution is -2.57. The molecular weight excluding hydrogens is 254 g/mol. The highest BCUT2D eigenvalue weighted by molar-refractivity contribution is 5.90. The van der Waals surface area contributed by atoms with E-state index in [-0.39, 0.29) is 22.7 Å². The quantitative estimate of drug-likeness (QED) is 0.836. The van der Waals surface area contributed by atoms with Crippen LogP contribution in [0.1, 0.15) is 60.3 Å². The van der Waals surface area contributed by atoms with E-state index >= 15 is 0 Å². The van der Waals surface area contributed by atoms with Gasteiger partial charge in [-0.2, -0.15) is 0 Å². The number of hydrogen-bond donors (Lipinski definition) is 2. The maximum atomic E-state index is 12.5.